The molecule has 98 valence electrons. The molecule has 0 saturated heterocycles. The standard InChI is InChI=1S/C14H11Cl2NOS/c1-18-13-8-10(16)4-7-12(13)14(19)17-11-5-2-9(15)3-6-11/h2-8H,1H3,(H,17,19). The van der Waals surface area contributed by atoms with Crippen LogP contribution in [0.15, 0.2) is 42.5 Å². The predicted octanol–water partition coefficient (Wildman–Crippen LogP) is 4.79. The molecule has 0 aliphatic heterocycles. The van der Waals surface area contributed by atoms with Gasteiger partial charge >= 0.3 is 0 Å². The van der Waals surface area contributed by atoms with Crippen LogP contribution in [0.1, 0.15) is 5.56 Å². The van der Waals surface area contributed by atoms with E-state index < -0.39 is 0 Å². The maximum Gasteiger partial charge on any atom is 0.130 e. The fourth-order valence-electron chi connectivity index (χ4n) is 1.58. The van der Waals surface area contributed by atoms with E-state index in [1.165, 1.54) is 0 Å². The summed E-state index contributed by atoms with van der Waals surface area (Å²) in [5.74, 6) is 0.638. The molecule has 0 fully saturated rings. The van der Waals surface area contributed by atoms with E-state index in [0.717, 1.165) is 11.3 Å². The summed E-state index contributed by atoms with van der Waals surface area (Å²) in [6.07, 6.45) is 0. The molecule has 0 radical (unpaired) electrons. The summed E-state index contributed by atoms with van der Waals surface area (Å²) in [5.41, 5.74) is 1.66. The predicted molar refractivity (Wildman–Crippen MR) is 84.8 cm³/mol. The van der Waals surface area contributed by atoms with Crippen molar-refractivity contribution in [3.8, 4) is 5.75 Å². The highest BCUT2D eigenvalue weighted by Gasteiger charge is 2.09. The zero-order chi connectivity index (χ0) is 13.8. The fourth-order valence-corrected chi connectivity index (χ4v) is 2.16. The molecule has 0 atom stereocenters. The largest absolute Gasteiger partial charge is 0.496 e. The summed E-state index contributed by atoms with van der Waals surface area (Å²) < 4.78 is 5.27. The highest BCUT2D eigenvalue weighted by atomic mass is 35.5. The van der Waals surface area contributed by atoms with Crippen molar-refractivity contribution in [2.24, 2.45) is 0 Å². The van der Waals surface area contributed by atoms with E-state index in [9.17, 15) is 0 Å². The number of ether oxygens (including phenoxy) is 1. The van der Waals surface area contributed by atoms with E-state index >= 15 is 0 Å². The van der Waals surface area contributed by atoms with Gasteiger partial charge in [-0.1, -0.05) is 35.4 Å². The third-order valence-electron chi connectivity index (χ3n) is 2.51. The molecule has 2 aromatic carbocycles. The van der Waals surface area contributed by atoms with Gasteiger partial charge in [-0.05, 0) is 42.5 Å². The number of nitrogens with one attached hydrogen (secondary N) is 1. The van der Waals surface area contributed by atoms with Crippen LogP contribution >= 0.6 is 35.4 Å². The van der Waals surface area contributed by atoms with Crippen LogP contribution in [-0.2, 0) is 0 Å². The summed E-state index contributed by atoms with van der Waals surface area (Å²) in [6, 6.07) is 12.6. The second-order valence-corrected chi connectivity index (χ2v) is 5.09. The SMILES string of the molecule is COc1cc(Cl)ccc1C(=S)Nc1ccc(Cl)cc1. The van der Waals surface area contributed by atoms with Crippen LogP contribution in [-0.4, -0.2) is 12.1 Å². The topological polar surface area (TPSA) is 21.3 Å². The van der Waals surface area contributed by atoms with Crippen molar-refractivity contribution >= 4 is 46.1 Å². The molecule has 2 aromatic rings. The van der Waals surface area contributed by atoms with Crippen molar-refractivity contribution in [3.63, 3.8) is 0 Å². The van der Waals surface area contributed by atoms with Crippen LogP contribution < -0.4 is 10.1 Å². The van der Waals surface area contributed by atoms with E-state index in [-0.39, 0.29) is 0 Å². The lowest BCUT2D eigenvalue weighted by molar-refractivity contribution is 0.414. The number of thiocarbonyl (C=S) groups is 1. The van der Waals surface area contributed by atoms with Crippen molar-refractivity contribution in [3.05, 3.63) is 58.1 Å². The van der Waals surface area contributed by atoms with Gasteiger partial charge in [0, 0.05) is 15.7 Å². The van der Waals surface area contributed by atoms with Gasteiger partial charge < -0.3 is 10.1 Å². The molecule has 2 nitrogen and oxygen atoms in total. The van der Waals surface area contributed by atoms with Crippen LogP contribution in [0.2, 0.25) is 10.0 Å². The molecule has 0 aliphatic carbocycles. The van der Waals surface area contributed by atoms with E-state index in [4.69, 9.17) is 40.2 Å². The molecule has 0 aromatic heterocycles. The molecule has 0 unspecified atom stereocenters. The Balaban J connectivity index is 2.22. The van der Waals surface area contributed by atoms with Crippen molar-refractivity contribution < 1.29 is 4.74 Å². The van der Waals surface area contributed by atoms with E-state index in [1.807, 2.05) is 18.2 Å². The maximum absolute atomic E-state index is 5.92. The van der Waals surface area contributed by atoms with Crippen molar-refractivity contribution in [2.45, 2.75) is 0 Å². The first-order valence-corrected chi connectivity index (χ1v) is 6.67. The molecule has 0 heterocycles. The molecule has 1 N–H and O–H groups in total. The van der Waals surface area contributed by atoms with Gasteiger partial charge in [0.15, 0.2) is 0 Å². The Labute approximate surface area is 127 Å². The molecule has 0 aliphatic rings. The van der Waals surface area contributed by atoms with Gasteiger partial charge in [0.2, 0.25) is 0 Å². The Bertz CT molecular complexity index is 599. The van der Waals surface area contributed by atoms with Crippen LogP contribution in [0.3, 0.4) is 0 Å². The average molecular weight is 312 g/mol. The first-order chi connectivity index (χ1) is 9.10. The second kappa shape index (κ2) is 6.24. The Kier molecular flexibility index (Phi) is 4.64. The first kappa shape index (κ1) is 14.1. The zero-order valence-electron chi connectivity index (χ0n) is 10.1. The number of methoxy groups -OCH3 is 1. The Morgan fingerprint density at radius 2 is 1.68 bits per heavy atom. The number of hydrogen-bond acceptors (Lipinski definition) is 2. The molecule has 0 amide bonds. The van der Waals surface area contributed by atoms with Gasteiger partial charge in [-0.2, -0.15) is 0 Å². The number of halogens is 2. The minimum atomic E-state index is 0.566. The Hall–Kier alpha value is -1.29. The van der Waals surface area contributed by atoms with Crippen molar-refractivity contribution in [2.75, 3.05) is 12.4 Å². The average Bonchev–Trinajstić information content (AvgIpc) is 2.41. The van der Waals surface area contributed by atoms with Crippen LogP contribution in [0.5, 0.6) is 5.75 Å². The van der Waals surface area contributed by atoms with Gasteiger partial charge in [0.1, 0.15) is 10.7 Å². The molecule has 5 heteroatoms. The molecular formula is C14H11Cl2NOS. The maximum atomic E-state index is 5.92. The fraction of sp³-hybridized carbons (Fsp3) is 0.0714. The monoisotopic (exact) mass is 311 g/mol. The summed E-state index contributed by atoms with van der Waals surface area (Å²) in [6.45, 7) is 0. The summed E-state index contributed by atoms with van der Waals surface area (Å²) in [4.78, 5) is 0.566. The Morgan fingerprint density at radius 1 is 1.05 bits per heavy atom. The van der Waals surface area contributed by atoms with Crippen molar-refractivity contribution in [1.29, 1.82) is 0 Å². The third kappa shape index (κ3) is 3.60. The molecular weight excluding hydrogens is 301 g/mol. The molecule has 0 bridgehead atoms. The molecule has 0 saturated carbocycles. The van der Waals surface area contributed by atoms with Crippen LogP contribution in [0.25, 0.3) is 0 Å². The van der Waals surface area contributed by atoms with E-state index in [2.05, 4.69) is 5.32 Å². The van der Waals surface area contributed by atoms with Crippen molar-refractivity contribution in [1.82, 2.24) is 0 Å². The molecule has 0 spiro atoms. The molecule has 19 heavy (non-hydrogen) atoms. The normalized spacial score (nSPS) is 10.1. The summed E-state index contributed by atoms with van der Waals surface area (Å²) in [7, 11) is 1.58. The van der Waals surface area contributed by atoms with Gasteiger partial charge in [-0.15, -0.1) is 0 Å². The zero-order valence-corrected chi connectivity index (χ0v) is 12.4. The quantitative estimate of drug-likeness (QED) is 0.823. The second-order valence-electron chi connectivity index (χ2n) is 3.81. The first-order valence-electron chi connectivity index (χ1n) is 5.50. The number of benzene rings is 2. The van der Waals surface area contributed by atoms with Crippen LogP contribution in [0, 0.1) is 0 Å². The van der Waals surface area contributed by atoms with Gasteiger partial charge in [-0.3, -0.25) is 0 Å². The van der Waals surface area contributed by atoms with Gasteiger partial charge in [0.25, 0.3) is 0 Å². The Morgan fingerprint density at radius 3 is 2.32 bits per heavy atom. The lowest BCUT2D eigenvalue weighted by Crippen LogP contribution is -2.11. The lowest BCUT2D eigenvalue weighted by Gasteiger charge is -2.12. The minimum Gasteiger partial charge on any atom is -0.496 e. The third-order valence-corrected chi connectivity index (χ3v) is 3.32. The van der Waals surface area contributed by atoms with Gasteiger partial charge in [-0.25, -0.2) is 0 Å². The van der Waals surface area contributed by atoms with E-state index in [0.29, 0.717) is 20.8 Å². The molecule has 2 rings (SSSR count). The smallest absolute Gasteiger partial charge is 0.130 e. The number of rotatable bonds is 3. The number of hydrogen-bond donors (Lipinski definition) is 1. The number of anilines is 1. The highest BCUT2D eigenvalue weighted by molar-refractivity contribution is 7.81. The summed E-state index contributed by atoms with van der Waals surface area (Å²) >= 11 is 17.1. The minimum absolute atomic E-state index is 0.566. The highest BCUT2D eigenvalue weighted by Crippen LogP contribution is 2.24. The van der Waals surface area contributed by atoms with Crippen LogP contribution in [0.4, 0.5) is 5.69 Å². The summed E-state index contributed by atoms with van der Waals surface area (Å²) in [5, 5.41) is 4.42. The van der Waals surface area contributed by atoms with Gasteiger partial charge in [0.05, 0.1) is 12.7 Å². The van der Waals surface area contributed by atoms with E-state index in [1.54, 1.807) is 31.4 Å². The lowest BCUT2D eigenvalue weighted by atomic mass is 10.2.